The number of rotatable bonds is 2. The fourth-order valence-corrected chi connectivity index (χ4v) is 1.82. The molecular weight excluding hydrogens is 164 g/mol. The fourth-order valence-electron chi connectivity index (χ4n) is 1.82. The van der Waals surface area contributed by atoms with Crippen LogP contribution in [0.1, 0.15) is 46.5 Å². The molecule has 0 aromatic heterocycles. The van der Waals surface area contributed by atoms with Gasteiger partial charge in [0.25, 0.3) is 0 Å². The zero-order valence-electron chi connectivity index (χ0n) is 8.88. The first kappa shape index (κ1) is 10.7. The summed E-state index contributed by atoms with van der Waals surface area (Å²) in [6, 6.07) is 0. The highest BCUT2D eigenvalue weighted by Gasteiger charge is 2.30. The van der Waals surface area contributed by atoms with Gasteiger partial charge in [0.15, 0.2) is 0 Å². The number of ether oxygens (including phenoxy) is 1. The number of carbonyl (C=O) groups is 1. The van der Waals surface area contributed by atoms with Gasteiger partial charge in [-0.2, -0.15) is 0 Å². The van der Waals surface area contributed by atoms with Gasteiger partial charge in [0.1, 0.15) is 6.29 Å². The van der Waals surface area contributed by atoms with Gasteiger partial charge in [0.05, 0.1) is 12.2 Å². The molecule has 0 aromatic rings. The molecule has 0 spiro atoms. The maximum atomic E-state index is 10.3. The molecule has 1 fully saturated rings. The van der Waals surface area contributed by atoms with E-state index >= 15 is 0 Å². The largest absolute Gasteiger partial charge is 0.374 e. The van der Waals surface area contributed by atoms with Gasteiger partial charge in [0, 0.05) is 6.42 Å². The highest BCUT2D eigenvalue weighted by Crippen LogP contribution is 2.32. The predicted octanol–water partition coefficient (Wildman–Crippen LogP) is 2.56. The Balaban J connectivity index is 2.46. The quantitative estimate of drug-likeness (QED) is 0.616. The summed E-state index contributed by atoms with van der Waals surface area (Å²) in [6.45, 7) is 6.59. The number of hydrogen-bond donors (Lipinski definition) is 0. The van der Waals surface area contributed by atoms with E-state index in [1.54, 1.807) is 0 Å². The zero-order chi connectivity index (χ0) is 9.90. The number of hydrogen-bond acceptors (Lipinski definition) is 2. The maximum absolute atomic E-state index is 10.3. The Kier molecular flexibility index (Phi) is 3.48. The molecule has 13 heavy (non-hydrogen) atoms. The van der Waals surface area contributed by atoms with Gasteiger partial charge in [-0.1, -0.05) is 20.8 Å². The van der Waals surface area contributed by atoms with E-state index in [2.05, 4.69) is 20.8 Å². The van der Waals surface area contributed by atoms with E-state index in [4.69, 9.17) is 4.74 Å². The average molecular weight is 184 g/mol. The molecule has 0 saturated carbocycles. The second-order valence-corrected chi connectivity index (χ2v) is 4.95. The molecule has 2 heteroatoms. The Morgan fingerprint density at radius 3 is 2.62 bits per heavy atom. The Morgan fingerprint density at radius 2 is 2.08 bits per heavy atom. The first-order valence-electron chi connectivity index (χ1n) is 5.13. The van der Waals surface area contributed by atoms with Crippen LogP contribution in [-0.4, -0.2) is 18.5 Å². The van der Waals surface area contributed by atoms with Crippen LogP contribution in [0.3, 0.4) is 0 Å². The van der Waals surface area contributed by atoms with Crippen LogP contribution in [0.2, 0.25) is 0 Å². The van der Waals surface area contributed by atoms with Crippen molar-refractivity contribution >= 4 is 6.29 Å². The summed E-state index contributed by atoms with van der Waals surface area (Å²) in [6.07, 6.45) is 5.41. The van der Waals surface area contributed by atoms with Crippen molar-refractivity contribution in [3.05, 3.63) is 0 Å². The summed E-state index contributed by atoms with van der Waals surface area (Å²) < 4.78 is 5.86. The van der Waals surface area contributed by atoms with Crippen molar-refractivity contribution in [2.24, 2.45) is 5.41 Å². The lowest BCUT2D eigenvalue weighted by Gasteiger charge is -2.37. The average Bonchev–Trinajstić information content (AvgIpc) is 2.04. The molecule has 0 aliphatic carbocycles. The van der Waals surface area contributed by atoms with Gasteiger partial charge in [-0.25, -0.2) is 0 Å². The van der Waals surface area contributed by atoms with Crippen molar-refractivity contribution in [1.29, 1.82) is 0 Å². The SMILES string of the molecule is CC(C)(C)[C@@H]1CCC[C@H](CC=O)O1. The van der Waals surface area contributed by atoms with Crippen molar-refractivity contribution in [2.75, 3.05) is 0 Å². The molecule has 0 radical (unpaired) electrons. The summed E-state index contributed by atoms with van der Waals surface area (Å²) in [7, 11) is 0. The van der Waals surface area contributed by atoms with Crippen LogP contribution in [0.4, 0.5) is 0 Å². The lowest BCUT2D eigenvalue weighted by Crippen LogP contribution is -2.37. The second-order valence-electron chi connectivity index (χ2n) is 4.95. The maximum Gasteiger partial charge on any atom is 0.122 e. The summed E-state index contributed by atoms with van der Waals surface area (Å²) in [5.41, 5.74) is 0.210. The van der Waals surface area contributed by atoms with Crippen LogP contribution in [0, 0.1) is 5.41 Å². The van der Waals surface area contributed by atoms with Gasteiger partial charge in [0.2, 0.25) is 0 Å². The molecule has 76 valence electrons. The molecule has 1 heterocycles. The van der Waals surface area contributed by atoms with E-state index in [0.29, 0.717) is 12.5 Å². The topological polar surface area (TPSA) is 26.3 Å². The summed E-state index contributed by atoms with van der Waals surface area (Å²) >= 11 is 0. The molecule has 0 aromatic carbocycles. The van der Waals surface area contributed by atoms with E-state index in [9.17, 15) is 4.79 Å². The molecule has 1 aliphatic rings. The molecule has 0 bridgehead atoms. The third-order valence-electron chi connectivity index (χ3n) is 2.67. The first-order valence-corrected chi connectivity index (χ1v) is 5.13. The van der Waals surface area contributed by atoms with Gasteiger partial charge >= 0.3 is 0 Å². The fraction of sp³-hybridized carbons (Fsp3) is 0.909. The lowest BCUT2D eigenvalue weighted by molar-refractivity contribution is -0.121. The van der Waals surface area contributed by atoms with E-state index < -0.39 is 0 Å². The monoisotopic (exact) mass is 184 g/mol. The van der Waals surface area contributed by atoms with Crippen molar-refractivity contribution < 1.29 is 9.53 Å². The van der Waals surface area contributed by atoms with Gasteiger partial charge in [-0.05, 0) is 24.7 Å². The molecule has 1 aliphatic heterocycles. The molecule has 0 amide bonds. The molecular formula is C11H20O2. The van der Waals surface area contributed by atoms with Crippen LogP contribution in [0.5, 0.6) is 0 Å². The van der Waals surface area contributed by atoms with Gasteiger partial charge < -0.3 is 9.53 Å². The van der Waals surface area contributed by atoms with Crippen molar-refractivity contribution in [2.45, 2.75) is 58.7 Å². The second kappa shape index (κ2) is 4.23. The summed E-state index contributed by atoms with van der Waals surface area (Å²) in [5.74, 6) is 0. The van der Waals surface area contributed by atoms with E-state index in [-0.39, 0.29) is 11.5 Å². The zero-order valence-corrected chi connectivity index (χ0v) is 8.88. The highest BCUT2D eigenvalue weighted by atomic mass is 16.5. The van der Waals surface area contributed by atoms with Crippen LogP contribution < -0.4 is 0 Å². The van der Waals surface area contributed by atoms with Crippen LogP contribution >= 0.6 is 0 Å². The summed E-state index contributed by atoms with van der Waals surface area (Å²) in [5, 5.41) is 0. The normalized spacial score (nSPS) is 30.1. The van der Waals surface area contributed by atoms with Gasteiger partial charge in [-0.3, -0.25) is 0 Å². The van der Waals surface area contributed by atoms with Crippen molar-refractivity contribution in [1.82, 2.24) is 0 Å². The molecule has 1 rings (SSSR count). The molecule has 0 N–H and O–H groups in total. The minimum atomic E-state index is 0.176. The Hall–Kier alpha value is -0.370. The van der Waals surface area contributed by atoms with Crippen LogP contribution in [0.15, 0.2) is 0 Å². The smallest absolute Gasteiger partial charge is 0.122 e. The standard InChI is InChI=1S/C11H20O2/c1-11(2,3)10-6-4-5-9(13-10)7-8-12/h8-10H,4-7H2,1-3H3/t9-,10+/m1/s1. The van der Waals surface area contributed by atoms with Crippen LogP contribution in [0.25, 0.3) is 0 Å². The molecule has 1 saturated heterocycles. The minimum Gasteiger partial charge on any atom is -0.374 e. The Morgan fingerprint density at radius 1 is 1.38 bits per heavy atom. The number of carbonyl (C=O) groups excluding carboxylic acids is 1. The Labute approximate surface area is 80.7 Å². The molecule has 2 atom stereocenters. The third-order valence-corrected chi connectivity index (χ3v) is 2.67. The first-order chi connectivity index (χ1) is 6.04. The summed E-state index contributed by atoms with van der Waals surface area (Å²) in [4.78, 5) is 10.3. The lowest BCUT2D eigenvalue weighted by atomic mass is 9.84. The number of aldehydes is 1. The van der Waals surface area contributed by atoms with Crippen LogP contribution in [-0.2, 0) is 9.53 Å². The molecule has 2 nitrogen and oxygen atoms in total. The Bertz CT molecular complexity index is 169. The molecule has 0 unspecified atom stereocenters. The van der Waals surface area contributed by atoms with E-state index in [1.807, 2.05) is 0 Å². The minimum absolute atomic E-state index is 0.176. The van der Waals surface area contributed by atoms with E-state index in [0.717, 1.165) is 19.1 Å². The third kappa shape index (κ3) is 3.11. The van der Waals surface area contributed by atoms with Crippen molar-refractivity contribution in [3.63, 3.8) is 0 Å². The van der Waals surface area contributed by atoms with Crippen molar-refractivity contribution in [3.8, 4) is 0 Å². The highest BCUT2D eigenvalue weighted by molar-refractivity contribution is 5.50. The predicted molar refractivity (Wildman–Crippen MR) is 52.6 cm³/mol. The van der Waals surface area contributed by atoms with Gasteiger partial charge in [-0.15, -0.1) is 0 Å². The van der Waals surface area contributed by atoms with E-state index in [1.165, 1.54) is 6.42 Å².